The zero-order valence-electron chi connectivity index (χ0n) is 9.89. The van der Waals surface area contributed by atoms with E-state index in [2.05, 4.69) is 6.58 Å². The Morgan fingerprint density at radius 1 is 1.44 bits per heavy atom. The van der Waals surface area contributed by atoms with Crippen molar-refractivity contribution in [3.05, 3.63) is 48.2 Å². The van der Waals surface area contributed by atoms with Gasteiger partial charge in [0.25, 0.3) is 0 Å². The second-order valence-corrected chi connectivity index (χ2v) is 3.84. The average molecular weight is 246 g/mol. The van der Waals surface area contributed by atoms with Crippen LogP contribution in [-0.2, 0) is 11.3 Å². The number of furan rings is 1. The Labute approximate surface area is 104 Å². The van der Waals surface area contributed by atoms with Crippen molar-refractivity contribution in [2.45, 2.75) is 13.0 Å². The zero-order chi connectivity index (χ0) is 13.0. The molecule has 0 saturated carbocycles. The van der Waals surface area contributed by atoms with E-state index in [1.807, 2.05) is 12.1 Å². The minimum Gasteiger partial charge on any atom is -0.475 e. The van der Waals surface area contributed by atoms with Crippen molar-refractivity contribution < 1.29 is 19.1 Å². The van der Waals surface area contributed by atoms with E-state index in [0.29, 0.717) is 17.8 Å². The molecule has 0 unspecified atom stereocenters. The fourth-order valence-corrected chi connectivity index (χ4v) is 1.76. The molecule has 0 bridgehead atoms. The predicted octanol–water partition coefficient (Wildman–Crippen LogP) is 3.22. The van der Waals surface area contributed by atoms with Crippen molar-refractivity contribution >= 4 is 16.9 Å². The molecular formula is C14H14O4. The number of benzene rings is 1. The van der Waals surface area contributed by atoms with Crippen LogP contribution >= 0.6 is 0 Å². The van der Waals surface area contributed by atoms with E-state index in [-0.39, 0.29) is 12.4 Å². The highest BCUT2D eigenvalue weighted by Crippen LogP contribution is 2.26. The summed E-state index contributed by atoms with van der Waals surface area (Å²) in [7, 11) is 0. The number of rotatable bonds is 6. The summed E-state index contributed by atoms with van der Waals surface area (Å²) in [4.78, 5) is 11.1. The molecule has 0 spiro atoms. The molecule has 4 nitrogen and oxygen atoms in total. The third-order valence-electron chi connectivity index (χ3n) is 2.61. The average Bonchev–Trinajstić information content (AvgIpc) is 2.74. The van der Waals surface area contributed by atoms with Gasteiger partial charge in [-0.2, -0.15) is 0 Å². The maximum absolute atomic E-state index is 11.1. The molecule has 1 N–H and O–H groups in total. The van der Waals surface area contributed by atoms with E-state index >= 15 is 0 Å². The van der Waals surface area contributed by atoms with Crippen LogP contribution in [0.25, 0.3) is 11.0 Å². The van der Waals surface area contributed by atoms with Crippen molar-refractivity contribution in [1.82, 2.24) is 0 Å². The van der Waals surface area contributed by atoms with Gasteiger partial charge in [0.2, 0.25) is 5.76 Å². The van der Waals surface area contributed by atoms with Crippen LogP contribution in [0.15, 0.2) is 41.3 Å². The molecule has 0 saturated heterocycles. The lowest BCUT2D eigenvalue weighted by molar-refractivity contribution is 0.0653. The molecule has 2 aromatic rings. The summed E-state index contributed by atoms with van der Waals surface area (Å²) in [5, 5.41) is 9.89. The van der Waals surface area contributed by atoms with Crippen molar-refractivity contribution in [2.75, 3.05) is 6.61 Å². The number of hydrogen-bond donors (Lipinski definition) is 1. The third kappa shape index (κ3) is 2.43. The highest BCUT2D eigenvalue weighted by Gasteiger charge is 2.19. The van der Waals surface area contributed by atoms with E-state index in [9.17, 15) is 4.79 Å². The Kier molecular flexibility index (Phi) is 3.79. The molecule has 1 heterocycles. The standard InChI is InChI=1S/C14H14O4/c1-2-3-8-17-9-11-10-6-4-5-7-12(10)18-13(11)14(15)16/h2,4-7H,1,3,8-9H2,(H,15,16). The number of fused-ring (bicyclic) bond motifs is 1. The van der Waals surface area contributed by atoms with Crippen LogP contribution in [0.5, 0.6) is 0 Å². The fraction of sp³-hybridized carbons (Fsp3) is 0.214. The lowest BCUT2D eigenvalue weighted by Crippen LogP contribution is -2.02. The molecule has 0 aliphatic carbocycles. The Bertz CT molecular complexity index is 568. The number of carboxylic acid groups (broad SMARTS) is 1. The molecule has 1 aromatic heterocycles. The number of ether oxygens (including phenoxy) is 1. The molecule has 0 aliphatic heterocycles. The van der Waals surface area contributed by atoms with Crippen LogP contribution in [0.1, 0.15) is 22.5 Å². The maximum atomic E-state index is 11.1. The number of para-hydroxylation sites is 1. The highest BCUT2D eigenvalue weighted by atomic mass is 16.5. The van der Waals surface area contributed by atoms with Crippen LogP contribution in [0.4, 0.5) is 0 Å². The number of aromatic carboxylic acids is 1. The molecule has 1 aromatic carbocycles. The van der Waals surface area contributed by atoms with Crippen LogP contribution in [0.2, 0.25) is 0 Å². The topological polar surface area (TPSA) is 59.7 Å². The summed E-state index contributed by atoms with van der Waals surface area (Å²) in [6, 6.07) is 7.23. The quantitative estimate of drug-likeness (QED) is 0.628. The molecule has 0 atom stereocenters. The first kappa shape index (κ1) is 12.4. The van der Waals surface area contributed by atoms with E-state index in [0.717, 1.165) is 11.8 Å². The van der Waals surface area contributed by atoms with Crippen molar-refractivity contribution in [3.8, 4) is 0 Å². The molecular weight excluding hydrogens is 232 g/mol. The summed E-state index contributed by atoms with van der Waals surface area (Å²) in [5.74, 6) is -1.12. The van der Waals surface area contributed by atoms with Crippen LogP contribution < -0.4 is 0 Å². The van der Waals surface area contributed by atoms with Crippen molar-refractivity contribution in [3.63, 3.8) is 0 Å². The summed E-state index contributed by atoms with van der Waals surface area (Å²) in [6.45, 7) is 4.34. The monoisotopic (exact) mass is 246 g/mol. The largest absolute Gasteiger partial charge is 0.475 e. The van der Waals surface area contributed by atoms with Gasteiger partial charge in [-0.15, -0.1) is 6.58 Å². The van der Waals surface area contributed by atoms with Crippen molar-refractivity contribution in [2.24, 2.45) is 0 Å². The normalized spacial score (nSPS) is 10.7. The first-order chi connectivity index (χ1) is 8.74. The number of carboxylic acids is 1. The van der Waals surface area contributed by atoms with Gasteiger partial charge >= 0.3 is 5.97 Å². The second-order valence-electron chi connectivity index (χ2n) is 3.84. The molecule has 2 rings (SSSR count). The predicted molar refractivity (Wildman–Crippen MR) is 67.6 cm³/mol. The number of carbonyl (C=O) groups is 1. The van der Waals surface area contributed by atoms with Gasteiger partial charge in [-0.25, -0.2) is 4.79 Å². The summed E-state index contributed by atoms with van der Waals surface area (Å²) in [5.41, 5.74) is 1.15. The van der Waals surface area contributed by atoms with Crippen LogP contribution in [0, 0.1) is 0 Å². The smallest absolute Gasteiger partial charge is 0.372 e. The van der Waals surface area contributed by atoms with Gasteiger partial charge in [-0.1, -0.05) is 24.3 Å². The van der Waals surface area contributed by atoms with Crippen LogP contribution in [-0.4, -0.2) is 17.7 Å². The SMILES string of the molecule is C=CCCOCc1c(C(=O)O)oc2ccccc12. The van der Waals surface area contributed by atoms with E-state index in [1.54, 1.807) is 18.2 Å². The fourth-order valence-electron chi connectivity index (χ4n) is 1.76. The lowest BCUT2D eigenvalue weighted by Gasteiger charge is -2.01. The van der Waals surface area contributed by atoms with E-state index in [1.165, 1.54) is 0 Å². The maximum Gasteiger partial charge on any atom is 0.372 e. The number of hydrogen-bond acceptors (Lipinski definition) is 3. The second kappa shape index (κ2) is 5.51. The minimum atomic E-state index is -1.08. The Hall–Kier alpha value is -2.07. The van der Waals surface area contributed by atoms with Gasteiger partial charge in [-0.3, -0.25) is 0 Å². The van der Waals surface area contributed by atoms with Gasteiger partial charge in [0.1, 0.15) is 5.58 Å². The first-order valence-electron chi connectivity index (χ1n) is 5.66. The van der Waals surface area contributed by atoms with Gasteiger partial charge in [0.15, 0.2) is 0 Å². The van der Waals surface area contributed by atoms with Crippen LogP contribution in [0.3, 0.4) is 0 Å². The van der Waals surface area contributed by atoms with Gasteiger partial charge < -0.3 is 14.3 Å². The van der Waals surface area contributed by atoms with Gasteiger partial charge in [0.05, 0.1) is 13.2 Å². The molecule has 0 fully saturated rings. The van der Waals surface area contributed by atoms with E-state index in [4.69, 9.17) is 14.3 Å². The van der Waals surface area contributed by atoms with E-state index < -0.39 is 5.97 Å². The lowest BCUT2D eigenvalue weighted by atomic mass is 10.1. The zero-order valence-corrected chi connectivity index (χ0v) is 9.89. The van der Waals surface area contributed by atoms with Gasteiger partial charge in [-0.05, 0) is 12.5 Å². The molecule has 18 heavy (non-hydrogen) atoms. The third-order valence-corrected chi connectivity index (χ3v) is 2.61. The molecule has 0 aliphatic rings. The Balaban J connectivity index is 2.30. The molecule has 94 valence electrons. The first-order valence-corrected chi connectivity index (χ1v) is 5.66. The molecule has 0 amide bonds. The molecule has 0 radical (unpaired) electrons. The summed E-state index contributed by atoms with van der Waals surface area (Å²) in [6.07, 6.45) is 2.49. The van der Waals surface area contributed by atoms with Crippen molar-refractivity contribution in [1.29, 1.82) is 0 Å². The Morgan fingerprint density at radius 3 is 2.94 bits per heavy atom. The minimum absolute atomic E-state index is 0.0465. The summed E-state index contributed by atoms with van der Waals surface area (Å²) < 4.78 is 10.7. The van der Waals surface area contributed by atoms with Gasteiger partial charge in [0, 0.05) is 10.9 Å². The Morgan fingerprint density at radius 2 is 2.22 bits per heavy atom. The highest BCUT2D eigenvalue weighted by molar-refractivity contribution is 5.94. The summed E-state index contributed by atoms with van der Waals surface area (Å²) >= 11 is 0. The molecule has 4 heteroatoms.